The number of alkyl halides is 1. The van der Waals surface area contributed by atoms with Gasteiger partial charge in [-0.15, -0.1) is 0 Å². The highest BCUT2D eigenvalue weighted by Gasteiger charge is 2.09. The number of hydrogen-bond acceptors (Lipinski definition) is 2. The molecule has 0 amide bonds. The first kappa shape index (κ1) is 19.9. The van der Waals surface area contributed by atoms with Crippen LogP contribution in [0.15, 0.2) is 0 Å². The van der Waals surface area contributed by atoms with Crippen molar-refractivity contribution in [3.63, 3.8) is 0 Å². The monoisotopic (exact) mass is 348 g/mol. The molecule has 0 fully saturated rings. The molecule has 120 valence electrons. The number of rotatable bonds is 14. The van der Waals surface area contributed by atoms with Gasteiger partial charge >= 0.3 is 5.97 Å². The topological polar surface area (TPSA) is 26.3 Å². The minimum absolute atomic E-state index is 0.00990. The molecule has 0 aromatic heterocycles. The van der Waals surface area contributed by atoms with Gasteiger partial charge in [0.2, 0.25) is 0 Å². The zero-order chi connectivity index (χ0) is 15.1. The first-order valence-electron chi connectivity index (χ1n) is 8.46. The number of hydrogen-bond donors (Lipinski definition) is 0. The van der Waals surface area contributed by atoms with E-state index < -0.39 is 0 Å². The van der Waals surface area contributed by atoms with Gasteiger partial charge in [-0.05, 0) is 25.2 Å². The maximum atomic E-state index is 11.6. The van der Waals surface area contributed by atoms with Crippen LogP contribution in [0.5, 0.6) is 0 Å². The van der Waals surface area contributed by atoms with Gasteiger partial charge in [-0.2, -0.15) is 0 Å². The number of halogens is 1. The van der Waals surface area contributed by atoms with E-state index in [1.807, 2.05) is 0 Å². The molecule has 0 bridgehead atoms. The molecule has 0 N–H and O–H groups in total. The van der Waals surface area contributed by atoms with Crippen molar-refractivity contribution in [3.8, 4) is 0 Å². The van der Waals surface area contributed by atoms with Crippen LogP contribution in [-0.2, 0) is 9.53 Å². The van der Waals surface area contributed by atoms with Crippen LogP contribution >= 0.6 is 15.9 Å². The highest BCUT2D eigenvalue weighted by atomic mass is 79.9. The van der Waals surface area contributed by atoms with Gasteiger partial charge in [-0.3, -0.25) is 4.79 Å². The summed E-state index contributed by atoms with van der Waals surface area (Å²) in [4.78, 5) is 11.6. The first-order valence-corrected chi connectivity index (χ1v) is 9.58. The van der Waals surface area contributed by atoms with Gasteiger partial charge in [0.15, 0.2) is 0 Å². The number of esters is 1. The SMILES string of the molecule is CCCCC(CCCC)CCOC(=O)CCCCCBr. The summed E-state index contributed by atoms with van der Waals surface area (Å²) in [6, 6.07) is 0. The number of ether oxygens (including phenoxy) is 1. The summed E-state index contributed by atoms with van der Waals surface area (Å²) in [5.41, 5.74) is 0. The van der Waals surface area contributed by atoms with Crippen LogP contribution in [0.4, 0.5) is 0 Å². The largest absolute Gasteiger partial charge is 0.466 e. The van der Waals surface area contributed by atoms with Crippen molar-refractivity contribution < 1.29 is 9.53 Å². The van der Waals surface area contributed by atoms with E-state index in [1.165, 1.54) is 38.5 Å². The fraction of sp³-hybridized carbons (Fsp3) is 0.941. The lowest BCUT2D eigenvalue weighted by Gasteiger charge is -2.16. The van der Waals surface area contributed by atoms with E-state index in [4.69, 9.17) is 4.74 Å². The Morgan fingerprint density at radius 3 is 2.15 bits per heavy atom. The van der Waals surface area contributed by atoms with Crippen LogP contribution in [0.25, 0.3) is 0 Å². The van der Waals surface area contributed by atoms with Crippen LogP contribution < -0.4 is 0 Å². The Labute approximate surface area is 134 Å². The second-order valence-electron chi connectivity index (χ2n) is 5.66. The van der Waals surface area contributed by atoms with Gasteiger partial charge in [0.25, 0.3) is 0 Å². The third-order valence-electron chi connectivity index (χ3n) is 3.74. The third-order valence-corrected chi connectivity index (χ3v) is 4.30. The number of unbranched alkanes of at least 4 members (excludes halogenated alkanes) is 4. The van der Waals surface area contributed by atoms with Crippen molar-refractivity contribution in [1.82, 2.24) is 0 Å². The fourth-order valence-corrected chi connectivity index (χ4v) is 2.77. The van der Waals surface area contributed by atoms with Crippen molar-refractivity contribution in [3.05, 3.63) is 0 Å². The van der Waals surface area contributed by atoms with E-state index in [9.17, 15) is 4.79 Å². The predicted octanol–water partition coefficient (Wildman–Crippen LogP) is 5.87. The molecule has 0 saturated heterocycles. The molecule has 0 aromatic rings. The van der Waals surface area contributed by atoms with Crippen molar-refractivity contribution in [2.75, 3.05) is 11.9 Å². The first-order chi connectivity index (χ1) is 9.74. The Hall–Kier alpha value is -0.0500. The molecule has 20 heavy (non-hydrogen) atoms. The highest BCUT2D eigenvalue weighted by Crippen LogP contribution is 2.20. The number of carbonyl (C=O) groups excluding carboxylic acids is 1. The summed E-state index contributed by atoms with van der Waals surface area (Å²) >= 11 is 3.40. The molecule has 3 heteroatoms. The Morgan fingerprint density at radius 1 is 0.950 bits per heavy atom. The lowest BCUT2D eigenvalue weighted by molar-refractivity contribution is -0.144. The van der Waals surface area contributed by atoms with Crippen molar-refractivity contribution >= 4 is 21.9 Å². The Bertz CT molecular complexity index is 211. The summed E-state index contributed by atoms with van der Waals surface area (Å²) < 4.78 is 5.36. The molecule has 0 aliphatic carbocycles. The summed E-state index contributed by atoms with van der Waals surface area (Å²) in [6.07, 6.45) is 12.5. The average molecular weight is 349 g/mol. The van der Waals surface area contributed by atoms with Crippen molar-refractivity contribution in [2.45, 2.75) is 84.5 Å². The molecule has 2 nitrogen and oxygen atoms in total. The number of carbonyl (C=O) groups is 1. The van der Waals surface area contributed by atoms with Gasteiger partial charge < -0.3 is 4.74 Å². The minimum atomic E-state index is -0.00990. The lowest BCUT2D eigenvalue weighted by atomic mass is 9.93. The van der Waals surface area contributed by atoms with Crippen LogP contribution in [0.3, 0.4) is 0 Å². The smallest absolute Gasteiger partial charge is 0.305 e. The molecule has 0 aliphatic heterocycles. The minimum Gasteiger partial charge on any atom is -0.466 e. The zero-order valence-electron chi connectivity index (χ0n) is 13.5. The van der Waals surface area contributed by atoms with E-state index in [2.05, 4.69) is 29.8 Å². The van der Waals surface area contributed by atoms with E-state index >= 15 is 0 Å². The molecule has 0 rings (SSSR count). The van der Waals surface area contributed by atoms with Gasteiger partial charge in [0.1, 0.15) is 0 Å². The van der Waals surface area contributed by atoms with Gasteiger partial charge in [0.05, 0.1) is 6.61 Å². The molecule has 0 radical (unpaired) electrons. The second kappa shape index (κ2) is 15.3. The van der Waals surface area contributed by atoms with Crippen LogP contribution in [0, 0.1) is 5.92 Å². The Morgan fingerprint density at radius 2 is 1.60 bits per heavy atom. The molecule has 0 unspecified atom stereocenters. The standard InChI is InChI=1S/C17H33BrO2/c1-3-5-10-16(11-6-4-2)13-15-20-17(19)12-8-7-9-14-18/h16H,3-15H2,1-2H3. The van der Waals surface area contributed by atoms with Crippen LogP contribution in [-0.4, -0.2) is 17.9 Å². The molecule has 0 saturated carbocycles. The van der Waals surface area contributed by atoms with Gasteiger partial charge in [0, 0.05) is 11.8 Å². The summed E-state index contributed by atoms with van der Waals surface area (Å²) in [5, 5.41) is 1.03. The molecular formula is C17H33BrO2. The normalized spacial score (nSPS) is 11.0. The maximum absolute atomic E-state index is 11.6. The van der Waals surface area contributed by atoms with Crippen LogP contribution in [0.1, 0.15) is 84.5 Å². The third kappa shape index (κ3) is 13.0. The maximum Gasteiger partial charge on any atom is 0.305 e. The van der Waals surface area contributed by atoms with Gasteiger partial charge in [-0.1, -0.05) is 74.7 Å². The summed E-state index contributed by atoms with van der Waals surface area (Å²) in [6.45, 7) is 5.10. The second-order valence-corrected chi connectivity index (χ2v) is 6.45. The lowest BCUT2D eigenvalue weighted by Crippen LogP contribution is -2.10. The molecule has 0 aliphatic rings. The average Bonchev–Trinajstić information content (AvgIpc) is 2.46. The zero-order valence-corrected chi connectivity index (χ0v) is 15.1. The highest BCUT2D eigenvalue weighted by molar-refractivity contribution is 9.09. The predicted molar refractivity (Wildman–Crippen MR) is 90.4 cm³/mol. The molecule has 0 atom stereocenters. The molecule has 0 aromatic carbocycles. The molecule has 0 heterocycles. The van der Waals surface area contributed by atoms with E-state index in [-0.39, 0.29) is 5.97 Å². The fourth-order valence-electron chi connectivity index (χ4n) is 2.37. The summed E-state index contributed by atoms with van der Waals surface area (Å²) in [5.74, 6) is 0.736. The van der Waals surface area contributed by atoms with E-state index in [0.717, 1.165) is 36.9 Å². The quantitative estimate of drug-likeness (QED) is 0.223. The molecule has 0 spiro atoms. The summed E-state index contributed by atoms with van der Waals surface area (Å²) in [7, 11) is 0. The van der Waals surface area contributed by atoms with E-state index in [1.54, 1.807) is 0 Å². The van der Waals surface area contributed by atoms with Gasteiger partial charge in [-0.25, -0.2) is 0 Å². The molecular weight excluding hydrogens is 316 g/mol. The Kier molecular flexibility index (Phi) is 15.3. The van der Waals surface area contributed by atoms with E-state index in [0.29, 0.717) is 13.0 Å². The Balaban J connectivity index is 3.65. The van der Waals surface area contributed by atoms with Crippen LogP contribution in [0.2, 0.25) is 0 Å². The van der Waals surface area contributed by atoms with Crippen molar-refractivity contribution in [1.29, 1.82) is 0 Å². The van der Waals surface area contributed by atoms with Crippen molar-refractivity contribution in [2.24, 2.45) is 5.92 Å².